The fourth-order valence-corrected chi connectivity index (χ4v) is 11.2. The first-order chi connectivity index (χ1) is 20.6. The molecule has 0 aromatic heterocycles. The molecule has 3 heterocycles. The molecule has 4 aliphatic carbocycles. The molecule has 43 heavy (non-hydrogen) atoms. The van der Waals surface area contributed by atoms with E-state index < -0.39 is 0 Å². The Morgan fingerprint density at radius 2 is 1.84 bits per heavy atom. The Morgan fingerprint density at radius 1 is 1.02 bits per heavy atom. The summed E-state index contributed by atoms with van der Waals surface area (Å²) in [6.45, 7) is 14.2. The van der Waals surface area contributed by atoms with Crippen molar-refractivity contribution in [1.82, 2.24) is 15.5 Å². The average Bonchev–Trinajstić information content (AvgIpc) is 3.44. The molecule has 0 unspecified atom stereocenters. The predicted molar refractivity (Wildman–Crippen MR) is 164 cm³/mol. The molecule has 3 saturated carbocycles. The summed E-state index contributed by atoms with van der Waals surface area (Å²) in [6, 6.07) is 0.124. The normalized spacial score (nSPS) is 47.6. The van der Waals surface area contributed by atoms with Gasteiger partial charge in [-0.2, -0.15) is 0 Å². The van der Waals surface area contributed by atoms with Gasteiger partial charge in [0.05, 0.1) is 32.6 Å². The molecular weight excluding hydrogens is 542 g/mol. The van der Waals surface area contributed by atoms with Crippen LogP contribution >= 0.6 is 0 Å². The van der Waals surface area contributed by atoms with Crippen molar-refractivity contribution in [3.05, 3.63) is 11.6 Å². The summed E-state index contributed by atoms with van der Waals surface area (Å²) in [5.41, 5.74) is 2.10. The van der Waals surface area contributed by atoms with Crippen molar-refractivity contribution >= 4 is 11.8 Å². The van der Waals surface area contributed by atoms with E-state index in [0.717, 1.165) is 57.7 Å². The quantitative estimate of drug-likeness (QED) is 0.355. The van der Waals surface area contributed by atoms with Gasteiger partial charge in [0.15, 0.2) is 5.79 Å². The van der Waals surface area contributed by atoms with Crippen molar-refractivity contribution in [3.8, 4) is 0 Å². The minimum absolute atomic E-state index is 0.101. The monoisotopic (exact) mass is 597 g/mol. The molecule has 7 rings (SSSR count). The van der Waals surface area contributed by atoms with Crippen LogP contribution in [-0.4, -0.2) is 74.2 Å². The summed E-state index contributed by atoms with van der Waals surface area (Å²) in [4.78, 5) is 27.4. The number of carbonyl (C=O) groups is 2. The number of hydrogen-bond donors (Lipinski definition) is 2. The van der Waals surface area contributed by atoms with Crippen LogP contribution in [0.1, 0.15) is 91.9 Å². The summed E-state index contributed by atoms with van der Waals surface area (Å²) < 4.78 is 18.8. The van der Waals surface area contributed by atoms with Crippen molar-refractivity contribution in [1.29, 1.82) is 0 Å². The van der Waals surface area contributed by atoms with Gasteiger partial charge in [-0.3, -0.25) is 14.5 Å². The second kappa shape index (κ2) is 11.4. The largest absolute Gasteiger partial charge is 0.379 e. The van der Waals surface area contributed by atoms with Crippen molar-refractivity contribution in [2.45, 2.75) is 110 Å². The molecule has 3 saturated heterocycles. The van der Waals surface area contributed by atoms with E-state index in [-0.39, 0.29) is 35.5 Å². The van der Waals surface area contributed by atoms with E-state index in [2.05, 4.69) is 49.3 Å². The van der Waals surface area contributed by atoms with Crippen LogP contribution in [0, 0.1) is 46.3 Å². The van der Waals surface area contributed by atoms with Crippen molar-refractivity contribution in [3.63, 3.8) is 0 Å². The van der Waals surface area contributed by atoms with Crippen LogP contribution in [0.3, 0.4) is 0 Å². The number of carbonyl (C=O) groups excluding carboxylic acids is 2. The average molecular weight is 598 g/mol. The van der Waals surface area contributed by atoms with Gasteiger partial charge in [-0.1, -0.05) is 39.3 Å². The number of nitrogens with zero attached hydrogens (tertiary/aromatic N) is 1. The molecule has 7 aliphatic rings. The Morgan fingerprint density at radius 3 is 2.60 bits per heavy atom. The number of hydrogen-bond acceptors (Lipinski definition) is 6. The molecule has 2 N–H and O–H groups in total. The maximum absolute atomic E-state index is 12.8. The zero-order chi connectivity index (χ0) is 30.0. The molecule has 11 atom stereocenters. The second-order valence-electron chi connectivity index (χ2n) is 15.9. The van der Waals surface area contributed by atoms with Gasteiger partial charge in [-0.15, -0.1) is 0 Å². The van der Waals surface area contributed by atoms with Crippen LogP contribution in [0.15, 0.2) is 11.6 Å². The van der Waals surface area contributed by atoms with E-state index in [1.165, 1.54) is 25.7 Å². The molecule has 8 heteroatoms. The molecule has 3 aliphatic heterocycles. The van der Waals surface area contributed by atoms with Gasteiger partial charge < -0.3 is 24.8 Å². The first kappa shape index (κ1) is 30.2. The third kappa shape index (κ3) is 5.20. The Hall–Kier alpha value is -1.48. The van der Waals surface area contributed by atoms with E-state index in [4.69, 9.17) is 14.2 Å². The second-order valence-corrected chi connectivity index (χ2v) is 15.9. The van der Waals surface area contributed by atoms with Crippen LogP contribution in [0.25, 0.3) is 0 Å². The van der Waals surface area contributed by atoms with Gasteiger partial charge in [0, 0.05) is 31.5 Å². The molecule has 2 amide bonds. The van der Waals surface area contributed by atoms with Crippen molar-refractivity contribution < 1.29 is 23.8 Å². The summed E-state index contributed by atoms with van der Waals surface area (Å²) in [6.07, 6.45) is 13.0. The summed E-state index contributed by atoms with van der Waals surface area (Å²) in [5.74, 6) is 3.14. The molecule has 0 radical (unpaired) electrons. The van der Waals surface area contributed by atoms with Gasteiger partial charge in [-0.25, -0.2) is 0 Å². The standard InChI is InChI=1S/C35H55N3O5/c1-22-7-12-35(42-20-22)23(2)32-29(43-35)18-28-26-6-5-24-17-25(8-10-33(24,3)27(26)9-11-34(28,32)4)37-31(40)19-30(39)36-21-38-13-15-41-16-14-38/h5,22-23,25-29,32H,6-21H2,1-4H3,(H,36,39)(H,37,40)/t22-,23+,25-,26-,27+,28+,29+,32+,33+,34+,35-/m1/s1. The zero-order valence-corrected chi connectivity index (χ0v) is 27.0. The number of ether oxygens (including phenoxy) is 3. The Kier molecular flexibility index (Phi) is 8.00. The zero-order valence-electron chi connectivity index (χ0n) is 27.0. The van der Waals surface area contributed by atoms with Crippen LogP contribution in [0.5, 0.6) is 0 Å². The van der Waals surface area contributed by atoms with Crippen molar-refractivity contribution in [2.24, 2.45) is 46.3 Å². The van der Waals surface area contributed by atoms with E-state index >= 15 is 0 Å². The summed E-state index contributed by atoms with van der Waals surface area (Å²) in [5, 5.41) is 6.12. The number of nitrogens with one attached hydrogen (secondary N) is 2. The Bertz CT molecular complexity index is 1110. The highest BCUT2D eigenvalue weighted by molar-refractivity contribution is 5.96. The van der Waals surface area contributed by atoms with Gasteiger partial charge in [0.2, 0.25) is 11.8 Å². The lowest BCUT2D eigenvalue weighted by molar-refractivity contribution is -0.272. The summed E-state index contributed by atoms with van der Waals surface area (Å²) in [7, 11) is 0. The Balaban J connectivity index is 0.962. The van der Waals surface area contributed by atoms with Gasteiger partial charge in [-0.05, 0) is 91.8 Å². The number of fused-ring (bicyclic) bond motifs is 7. The number of amides is 2. The molecule has 8 nitrogen and oxygen atoms in total. The lowest BCUT2D eigenvalue weighted by Gasteiger charge is -2.58. The van der Waals surface area contributed by atoms with Crippen LogP contribution in [-0.2, 0) is 23.8 Å². The lowest BCUT2D eigenvalue weighted by Crippen LogP contribution is -2.53. The smallest absolute Gasteiger partial charge is 0.230 e. The van der Waals surface area contributed by atoms with Crippen LogP contribution < -0.4 is 10.6 Å². The number of allylic oxidation sites excluding steroid dienone is 1. The lowest BCUT2D eigenvalue weighted by atomic mass is 9.46. The maximum Gasteiger partial charge on any atom is 0.230 e. The maximum atomic E-state index is 12.8. The fraction of sp³-hybridized carbons (Fsp3) is 0.886. The highest BCUT2D eigenvalue weighted by Crippen LogP contribution is 2.70. The first-order valence-electron chi connectivity index (χ1n) is 17.5. The minimum Gasteiger partial charge on any atom is -0.379 e. The SMILES string of the molecule is C[C@@H]1CC[C@@]2(OC1)O[C@H]1C[C@H]3[C@@H]4CC=C5C[C@H](NC(=O)CC(=O)NCN6CCOCC6)CC[C@]5(C)[C@H]4CC[C@]3(C)[C@H]1[C@@H]2C. The first-order valence-corrected chi connectivity index (χ1v) is 17.5. The predicted octanol–water partition coefficient (Wildman–Crippen LogP) is 4.63. The molecular formula is C35H55N3O5. The van der Waals surface area contributed by atoms with E-state index in [1.54, 1.807) is 5.57 Å². The summed E-state index contributed by atoms with van der Waals surface area (Å²) >= 11 is 0. The number of rotatable bonds is 5. The number of morpholine rings is 1. The van der Waals surface area contributed by atoms with Crippen LogP contribution in [0.4, 0.5) is 0 Å². The third-order valence-corrected chi connectivity index (χ3v) is 13.7. The van der Waals surface area contributed by atoms with E-state index in [1.807, 2.05) is 0 Å². The fourth-order valence-electron chi connectivity index (χ4n) is 11.2. The van der Waals surface area contributed by atoms with Crippen molar-refractivity contribution in [2.75, 3.05) is 39.6 Å². The highest BCUT2D eigenvalue weighted by Gasteiger charge is 2.68. The van der Waals surface area contributed by atoms with E-state index in [9.17, 15) is 9.59 Å². The van der Waals surface area contributed by atoms with Gasteiger partial charge in [0.25, 0.3) is 0 Å². The molecule has 1 spiro atoms. The Labute approximate surface area is 258 Å². The topological polar surface area (TPSA) is 89.1 Å². The minimum atomic E-state index is -0.343. The molecule has 0 aromatic carbocycles. The van der Waals surface area contributed by atoms with Gasteiger partial charge in [0.1, 0.15) is 6.42 Å². The van der Waals surface area contributed by atoms with Gasteiger partial charge >= 0.3 is 0 Å². The molecule has 0 aromatic rings. The molecule has 0 bridgehead atoms. The van der Waals surface area contributed by atoms with Crippen LogP contribution in [0.2, 0.25) is 0 Å². The molecule has 6 fully saturated rings. The van der Waals surface area contributed by atoms with E-state index in [0.29, 0.717) is 61.0 Å². The molecule has 240 valence electrons. The third-order valence-electron chi connectivity index (χ3n) is 13.7. The highest BCUT2D eigenvalue weighted by atomic mass is 16.7.